The lowest BCUT2D eigenvalue weighted by molar-refractivity contribution is 0.111. The minimum absolute atomic E-state index is 0. The molecule has 2 aliphatic carbocycles. The van der Waals surface area contributed by atoms with Crippen LogP contribution in [0.15, 0.2) is 0 Å². The molecule has 60 valence electrons. The lowest BCUT2D eigenvalue weighted by atomic mass is 9.67. The minimum atomic E-state index is 0. The van der Waals surface area contributed by atoms with Crippen molar-refractivity contribution in [2.45, 2.75) is 25.7 Å². The first-order valence-corrected chi connectivity index (χ1v) is 4.12. The quantitative estimate of drug-likeness (QED) is 0.624. The third kappa shape index (κ3) is 1.06. The molecule has 1 nitrogen and oxygen atoms in total. The smallest absolute Gasteiger partial charge is 0.00460 e. The van der Waals surface area contributed by atoms with E-state index in [-0.39, 0.29) is 12.4 Å². The number of hydrogen-bond acceptors (Lipinski definition) is 1. The maximum atomic E-state index is 5.59. The molecule has 2 fully saturated rings. The summed E-state index contributed by atoms with van der Waals surface area (Å²) in [6.45, 7) is 0.946. The van der Waals surface area contributed by atoms with Gasteiger partial charge < -0.3 is 5.73 Å². The second kappa shape index (κ2) is 3.10. The average Bonchev–Trinajstić information content (AvgIpc) is 2.14. The van der Waals surface area contributed by atoms with Crippen molar-refractivity contribution in [1.82, 2.24) is 0 Å². The Bertz CT molecular complexity index is 116. The summed E-state index contributed by atoms with van der Waals surface area (Å²) in [6.07, 6.45) is 5.90. The Labute approximate surface area is 68.8 Å². The average molecular weight is 162 g/mol. The molecule has 3 unspecified atom stereocenters. The Hall–Kier alpha value is 0.250. The summed E-state index contributed by atoms with van der Waals surface area (Å²) in [5.41, 5.74) is 5.59. The Morgan fingerprint density at radius 3 is 2.70 bits per heavy atom. The van der Waals surface area contributed by atoms with Gasteiger partial charge >= 0.3 is 0 Å². The lowest BCUT2D eigenvalue weighted by Gasteiger charge is -2.39. The molecule has 0 bridgehead atoms. The van der Waals surface area contributed by atoms with Crippen LogP contribution in [-0.4, -0.2) is 6.54 Å². The SMILES string of the molecule is Cl.NCC1CC2CCCC12. The van der Waals surface area contributed by atoms with Gasteiger partial charge in [0.2, 0.25) is 0 Å². The second-order valence-electron chi connectivity index (χ2n) is 3.59. The third-order valence-corrected chi connectivity index (χ3v) is 3.23. The van der Waals surface area contributed by atoms with Crippen molar-refractivity contribution in [2.75, 3.05) is 6.54 Å². The maximum absolute atomic E-state index is 5.59. The zero-order chi connectivity index (χ0) is 6.27. The van der Waals surface area contributed by atoms with Crippen LogP contribution in [0.5, 0.6) is 0 Å². The number of hydrogen-bond donors (Lipinski definition) is 1. The Kier molecular flexibility index (Phi) is 2.59. The monoisotopic (exact) mass is 161 g/mol. The van der Waals surface area contributed by atoms with Gasteiger partial charge in [0.15, 0.2) is 0 Å². The van der Waals surface area contributed by atoms with Gasteiger partial charge in [0.1, 0.15) is 0 Å². The van der Waals surface area contributed by atoms with E-state index in [9.17, 15) is 0 Å². The molecule has 2 rings (SSSR count). The van der Waals surface area contributed by atoms with Gasteiger partial charge in [-0.25, -0.2) is 0 Å². The molecule has 2 aliphatic rings. The number of halogens is 1. The molecule has 0 heterocycles. The van der Waals surface area contributed by atoms with Gasteiger partial charge in [-0.2, -0.15) is 0 Å². The van der Waals surface area contributed by atoms with Gasteiger partial charge in [-0.3, -0.25) is 0 Å². The Morgan fingerprint density at radius 1 is 1.30 bits per heavy atom. The maximum Gasteiger partial charge on any atom is -0.00460 e. The summed E-state index contributed by atoms with van der Waals surface area (Å²) in [7, 11) is 0. The van der Waals surface area contributed by atoms with Gasteiger partial charge in [-0.15, -0.1) is 12.4 Å². The topological polar surface area (TPSA) is 26.0 Å². The zero-order valence-corrected chi connectivity index (χ0v) is 7.07. The fourth-order valence-electron chi connectivity index (χ4n) is 2.62. The predicted octanol–water partition coefficient (Wildman–Crippen LogP) is 1.80. The molecule has 0 radical (unpaired) electrons. The Morgan fingerprint density at radius 2 is 2.10 bits per heavy atom. The first-order valence-electron chi connectivity index (χ1n) is 4.12. The standard InChI is InChI=1S/C8H15N.ClH/c9-5-7-4-6-2-1-3-8(6)7;/h6-8H,1-5,9H2;1H. The summed E-state index contributed by atoms with van der Waals surface area (Å²) in [6, 6.07) is 0. The van der Waals surface area contributed by atoms with E-state index in [1.54, 1.807) is 0 Å². The molecular formula is C8H16ClN. The normalized spacial score (nSPS) is 43.5. The van der Waals surface area contributed by atoms with Crippen LogP contribution in [0, 0.1) is 17.8 Å². The largest absolute Gasteiger partial charge is 0.330 e. The van der Waals surface area contributed by atoms with Crippen LogP contribution in [0.1, 0.15) is 25.7 Å². The highest BCUT2D eigenvalue weighted by Gasteiger charge is 2.42. The highest BCUT2D eigenvalue weighted by molar-refractivity contribution is 5.85. The molecular weight excluding hydrogens is 146 g/mol. The number of nitrogens with two attached hydrogens (primary N) is 1. The van der Waals surface area contributed by atoms with E-state index in [0.29, 0.717) is 0 Å². The first-order chi connectivity index (χ1) is 4.42. The van der Waals surface area contributed by atoms with Crippen molar-refractivity contribution < 1.29 is 0 Å². The van der Waals surface area contributed by atoms with Gasteiger partial charge in [0.05, 0.1) is 0 Å². The van der Waals surface area contributed by atoms with Crippen molar-refractivity contribution in [3.63, 3.8) is 0 Å². The molecule has 0 aromatic carbocycles. The predicted molar refractivity (Wildman–Crippen MR) is 45.2 cm³/mol. The van der Waals surface area contributed by atoms with Crippen LogP contribution in [0.3, 0.4) is 0 Å². The molecule has 2 N–H and O–H groups in total. The van der Waals surface area contributed by atoms with Crippen LogP contribution in [0.2, 0.25) is 0 Å². The molecule has 0 amide bonds. The van der Waals surface area contributed by atoms with Crippen molar-refractivity contribution in [3.05, 3.63) is 0 Å². The van der Waals surface area contributed by atoms with Gasteiger partial charge in [-0.1, -0.05) is 12.8 Å². The highest BCUT2D eigenvalue weighted by atomic mass is 35.5. The van der Waals surface area contributed by atoms with E-state index in [2.05, 4.69) is 0 Å². The zero-order valence-electron chi connectivity index (χ0n) is 6.25. The van der Waals surface area contributed by atoms with Crippen LogP contribution in [0.25, 0.3) is 0 Å². The van der Waals surface area contributed by atoms with E-state index in [0.717, 1.165) is 24.3 Å². The first kappa shape index (κ1) is 8.35. The molecule has 0 spiro atoms. The van der Waals surface area contributed by atoms with E-state index < -0.39 is 0 Å². The molecule has 0 aliphatic heterocycles. The molecule has 2 heteroatoms. The summed E-state index contributed by atoms with van der Waals surface area (Å²) in [5, 5.41) is 0. The molecule has 0 saturated heterocycles. The molecule has 3 atom stereocenters. The fraction of sp³-hybridized carbons (Fsp3) is 1.00. The Balaban J connectivity index is 0.000000500. The van der Waals surface area contributed by atoms with E-state index in [4.69, 9.17) is 5.73 Å². The van der Waals surface area contributed by atoms with Gasteiger partial charge in [-0.05, 0) is 37.1 Å². The summed E-state index contributed by atoms with van der Waals surface area (Å²) in [5.74, 6) is 3.06. The van der Waals surface area contributed by atoms with Crippen molar-refractivity contribution >= 4 is 12.4 Å². The van der Waals surface area contributed by atoms with Crippen molar-refractivity contribution in [2.24, 2.45) is 23.5 Å². The highest BCUT2D eigenvalue weighted by Crippen LogP contribution is 2.50. The number of fused-ring (bicyclic) bond motifs is 1. The van der Waals surface area contributed by atoms with Crippen molar-refractivity contribution in [1.29, 1.82) is 0 Å². The van der Waals surface area contributed by atoms with Crippen LogP contribution >= 0.6 is 12.4 Å². The lowest BCUT2D eigenvalue weighted by Crippen LogP contribution is -2.37. The molecule has 0 aromatic rings. The van der Waals surface area contributed by atoms with E-state index in [1.807, 2.05) is 0 Å². The van der Waals surface area contributed by atoms with E-state index in [1.165, 1.54) is 25.7 Å². The summed E-state index contributed by atoms with van der Waals surface area (Å²) < 4.78 is 0. The molecule has 10 heavy (non-hydrogen) atoms. The number of rotatable bonds is 1. The second-order valence-corrected chi connectivity index (χ2v) is 3.59. The minimum Gasteiger partial charge on any atom is -0.330 e. The van der Waals surface area contributed by atoms with Gasteiger partial charge in [0, 0.05) is 0 Å². The van der Waals surface area contributed by atoms with Crippen LogP contribution in [0.4, 0.5) is 0 Å². The molecule has 0 aromatic heterocycles. The van der Waals surface area contributed by atoms with Crippen molar-refractivity contribution in [3.8, 4) is 0 Å². The summed E-state index contributed by atoms with van der Waals surface area (Å²) in [4.78, 5) is 0. The molecule has 2 saturated carbocycles. The van der Waals surface area contributed by atoms with Crippen LogP contribution < -0.4 is 5.73 Å². The fourth-order valence-corrected chi connectivity index (χ4v) is 2.62. The van der Waals surface area contributed by atoms with Gasteiger partial charge in [0.25, 0.3) is 0 Å². The van der Waals surface area contributed by atoms with E-state index >= 15 is 0 Å². The summed E-state index contributed by atoms with van der Waals surface area (Å²) >= 11 is 0. The van der Waals surface area contributed by atoms with Crippen LogP contribution in [-0.2, 0) is 0 Å². The third-order valence-electron chi connectivity index (χ3n) is 3.23.